The van der Waals surface area contributed by atoms with Crippen LogP contribution in [0.5, 0.6) is 0 Å². The van der Waals surface area contributed by atoms with Crippen molar-refractivity contribution in [2.45, 2.75) is 25.4 Å². The largest absolute Gasteiger partial charge is 0.325 e. The SMILES string of the molecule is O=C(CN1CCC[C@@H]1Cn1cncn1)Nc1ccncc1. The van der Waals surface area contributed by atoms with Gasteiger partial charge in [-0.05, 0) is 31.5 Å². The zero-order chi connectivity index (χ0) is 14.5. The smallest absolute Gasteiger partial charge is 0.238 e. The predicted octanol–water partition coefficient (Wildman–Crippen LogP) is 0.776. The van der Waals surface area contributed by atoms with Crippen molar-refractivity contribution in [1.29, 1.82) is 0 Å². The summed E-state index contributed by atoms with van der Waals surface area (Å²) in [6, 6.07) is 3.92. The third-order valence-corrected chi connectivity index (χ3v) is 3.67. The molecule has 0 saturated carbocycles. The second-order valence-corrected chi connectivity index (χ2v) is 5.17. The molecule has 2 aromatic heterocycles. The van der Waals surface area contributed by atoms with Crippen molar-refractivity contribution >= 4 is 11.6 Å². The van der Waals surface area contributed by atoms with Gasteiger partial charge >= 0.3 is 0 Å². The average molecular weight is 286 g/mol. The number of carbonyl (C=O) groups excluding carboxylic acids is 1. The lowest BCUT2D eigenvalue weighted by Gasteiger charge is -2.23. The fourth-order valence-electron chi connectivity index (χ4n) is 2.67. The van der Waals surface area contributed by atoms with Crippen LogP contribution in [0.4, 0.5) is 5.69 Å². The minimum absolute atomic E-state index is 0.00619. The average Bonchev–Trinajstić information content (AvgIpc) is 3.13. The quantitative estimate of drug-likeness (QED) is 0.879. The minimum Gasteiger partial charge on any atom is -0.325 e. The molecule has 1 N–H and O–H groups in total. The lowest BCUT2D eigenvalue weighted by Crippen LogP contribution is -2.39. The first-order chi connectivity index (χ1) is 10.3. The maximum atomic E-state index is 12.1. The molecule has 0 aliphatic carbocycles. The van der Waals surface area contributed by atoms with Gasteiger partial charge < -0.3 is 5.32 Å². The molecule has 7 nitrogen and oxygen atoms in total. The number of hydrogen-bond acceptors (Lipinski definition) is 5. The van der Waals surface area contributed by atoms with Crippen molar-refractivity contribution in [1.82, 2.24) is 24.6 Å². The number of nitrogens with one attached hydrogen (secondary N) is 1. The van der Waals surface area contributed by atoms with E-state index in [2.05, 4.69) is 25.3 Å². The summed E-state index contributed by atoms with van der Waals surface area (Å²) >= 11 is 0. The van der Waals surface area contributed by atoms with Gasteiger partial charge in [0.25, 0.3) is 0 Å². The summed E-state index contributed by atoms with van der Waals surface area (Å²) in [4.78, 5) is 22.2. The molecule has 1 aliphatic rings. The molecular formula is C14H18N6O. The Hall–Kier alpha value is -2.28. The topological polar surface area (TPSA) is 75.9 Å². The number of hydrogen-bond donors (Lipinski definition) is 1. The maximum absolute atomic E-state index is 12.1. The number of nitrogens with zero attached hydrogens (tertiary/aromatic N) is 5. The van der Waals surface area contributed by atoms with Crippen molar-refractivity contribution in [3.8, 4) is 0 Å². The van der Waals surface area contributed by atoms with Crippen LogP contribution in [0.3, 0.4) is 0 Å². The Morgan fingerprint density at radius 3 is 2.95 bits per heavy atom. The molecule has 3 rings (SSSR count). The highest BCUT2D eigenvalue weighted by Gasteiger charge is 2.26. The first kappa shape index (κ1) is 13.7. The van der Waals surface area contributed by atoms with Crippen LogP contribution in [-0.4, -0.2) is 49.7 Å². The highest BCUT2D eigenvalue weighted by molar-refractivity contribution is 5.92. The molecule has 1 amide bonds. The third-order valence-electron chi connectivity index (χ3n) is 3.67. The molecule has 2 aromatic rings. The van der Waals surface area contributed by atoms with Crippen LogP contribution < -0.4 is 5.32 Å². The van der Waals surface area contributed by atoms with Gasteiger partial charge in [-0.1, -0.05) is 0 Å². The highest BCUT2D eigenvalue weighted by atomic mass is 16.2. The van der Waals surface area contributed by atoms with Gasteiger partial charge in [-0.2, -0.15) is 5.10 Å². The van der Waals surface area contributed by atoms with Gasteiger partial charge in [-0.3, -0.25) is 19.4 Å². The first-order valence-electron chi connectivity index (χ1n) is 7.07. The molecule has 7 heteroatoms. The Balaban J connectivity index is 1.54. The van der Waals surface area contributed by atoms with E-state index < -0.39 is 0 Å². The van der Waals surface area contributed by atoms with Crippen LogP contribution in [0.25, 0.3) is 0 Å². The van der Waals surface area contributed by atoms with Gasteiger partial charge in [0.1, 0.15) is 12.7 Å². The molecule has 110 valence electrons. The third kappa shape index (κ3) is 3.63. The molecule has 1 fully saturated rings. The van der Waals surface area contributed by atoms with E-state index in [0.29, 0.717) is 12.6 Å². The second kappa shape index (κ2) is 6.45. The molecule has 0 radical (unpaired) electrons. The molecule has 0 unspecified atom stereocenters. The molecule has 3 heterocycles. The number of aromatic nitrogens is 4. The Morgan fingerprint density at radius 1 is 1.33 bits per heavy atom. The summed E-state index contributed by atoms with van der Waals surface area (Å²) < 4.78 is 1.82. The van der Waals surface area contributed by atoms with E-state index in [1.54, 1.807) is 30.9 Å². The lowest BCUT2D eigenvalue weighted by atomic mass is 10.2. The summed E-state index contributed by atoms with van der Waals surface area (Å²) in [7, 11) is 0. The lowest BCUT2D eigenvalue weighted by molar-refractivity contribution is -0.117. The fourth-order valence-corrected chi connectivity index (χ4v) is 2.67. The van der Waals surface area contributed by atoms with Gasteiger partial charge in [0, 0.05) is 24.1 Å². The summed E-state index contributed by atoms with van der Waals surface area (Å²) in [5.74, 6) is 0.00619. The zero-order valence-electron chi connectivity index (χ0n) is 11.7. The van der Waals surface area contributed by atoms with E-state index >= 15 is 0 Å². The van der Waals surface area contributed by atoms with Crippen LogP contribution in [0.15, 0.2) is 37.2 Å². The molecule has 21 heavy (non-hydrogen) atoms. The van der Waals surface area contributed by atoms with Crippen LogP contribution >= 0.6 is 0 Å². The number of likely N-dealkylation sites (tertiary alicyclic amines) is 1. The standard InChI is InChI=1S/C14H18N6O/c21-14(18-12-3-5-15-6-4-12)9-19-7-1-2-13(19)8-20-11-16-10-17-20/h3-6,10-11,13H,1-2,7-9H2,(H,15,18,21)/t13-/m1/s1. The molecule has 1 aliphatic heterocycles. The van der Waals surface area contributed by atoms with E-state index in [4.69, 9.17) is 0 Å². The summed E-state index contributed by atoms with van der Waals surface area (Å²) in [5.41, 5.74) is 0.780. The van der Waals surface area contributed by atoms with Gasteiger partial charge in [0.05, 0.1) is 13.1 Å². The van der Waals surface area contributed by atoms with Crippen LogP contribution in [0, 0.1) is 0 Å². The normalized spacial score (nSPS) is 18.8. The van der Waals surface area contributed by atoms with Crippen molar-refractivity contribution < 1.29 is 4.79 Å². The molecule has 0 bridgehead atoms. The van der Waals surface area contributed by atoms with E-state index in [1.165, 1.54) is 6.33 Å². The van der Waals surface area contributed by atoms with Crippen molar-refractivity contribution in [3.05, 3.63) is 37.2 Å². The zero-order valence-corrected chi connectivity index (χ0v) is 11.7. The highest BCUT2D eigenvalue weighted by Crippen LogP contribution is 2.18. The monoisotopic (exact) mass is 286 g/mol. The Bertz CT molecular complexity index is 570. The number of carbonyl (C=O) groups is 1. The summed E-state index contributed by atoms with van der Waals surface area (Å²) in [6.45, 7) is 2.13. The molecular weight excluding hydrogens is 268 g/mol. The number of anilines is 1. The number of rotatable bonds is 5. The van der Waals surface area contributed by atoms with Crippen LogP contribution in [0.2, 0.25) is 0 Å². The molecule has 1 saturated heterocycles. The Labute approximate surface area is 123 Å². The van der Waals surface area contributed by atoms with Crippen LogP contribution in [-0.2, 0) is 11.3 Å². The molecule has 0 aromatic carbocycles. The summed E-state index contributed by atoms with van der Waals surface area (Å²) in [6.07, 6.45) is 8.78. The molecule has 1 atom stereocenters. The summed E-state index contributed by atoms with van der Waals surface area (Å²) in [5, 5.41) is 7.03. The molecule has 0 spiro atoms. The fraction of sp³-hybridized carbons (Fsp3) is 0.429. The second-order valence-electron chi connectivity index (χ2n) is 5.17. The van der Waals surface area contributed by atoms with Gasteiger partial charge in [0.15, 0.2) is 0 Å². The van der Waals surface area contributed by atoms with Crippen LogP contribution in [0.1, 0.15) is 12.8 Å². The van der Waals surface area contributed by atoms with E-state index in [1.807, 2.05) is 4.68 Å². The van der Waals surface area contributed by atoms with Gasteiger partial charge in [-0.25, -0.2) is 4.98 Å². The maximum Gasteiger partial charge on any atom is 0.238 e. The van der Waals surface area contributed by atoms with E-state index in [9.17, 15) is 4.79 Å². The number of amides is 1. The van der Waals surface area contributed by atoms with E-state index in [-0.39, 0.29) is 5.91 Å². The Morgan fingerprint density at radius 2 is 2.19 bits per heavy atom. The van der Waals surface area contributed by atoms with Gasteiger partial charge in [0.2, 0.25) is 5.91 Å². The first-order valence-corrected chi connectivity index (χ1v) is 7.07. The van der Waals surface area contributed by atoms with Crippen molar-refractivity contribution in [3.63, 3.8) is 0 Å². The van der Waals surface area contributed by atoms with E-state index in [0.717, 1.165) is 31.6 Å². The van der Waals surface area contributed by atoms with Crippen molar-refractivity contribution in [2.75, 3.05) is 18.4 Å². The number of pyridine rings is 1. The minimum atomic E-state index is 0.00619. The Kier molecular flexibility index (Phi) is 4.20. The van der Waals surface area contributed by atoms with Gasteiger partial charge in [-0.15, -0.1) is 0 Å². The van der Waals surface area contributed by atoms with Crippen molar-refractivity contribution in [2.24, 2.45) is 0 Å². The predicted molar refractivity (Wildman–Crippen MR) is 77.5 cm³/mol.